The molecule has 19 heavy (non-hydrogen) atoms. The molecule has 0 saturated carbocycles. The zero-order chi connectivity index (χ0) is 13.8. The third-order valence-electron chi connectivity index (χ3n) is 3.02. The van der Waals surface area contributed by atoms with E-state index in [2.05, 4.69) is 29.8 Å². The summed E-state index contributed by atoms with van der Waals surface area (Å²) in [4.78, 5) is 17.4. The highest BCUT2D eigenvalue weighted by Gasteiger charge is 2.14. The lowest BCUT2D eigenvalue weighted by atomic mass is 10.3. The van der Waals surface area contributed by atoms with Crippen molar-refractivity contribution in [3.8, 4) is 0 Å². The number of hydrogen-bond donors (Lipinski definition) is 1. The van der Waals surface area contributed by atoms with Gasteiger partial charge in [-0.3, -0.25) is 9.69 Å². The van der Waals surface area contributed by atoms with E-state index in [9.17, 15) is 4.79 Å². The molecule has 1 N–H and O–H groups in total. The van der Waals surface area contributed by atoms with Gasteiger partial charge >= 0.3 is 5.97 Å². The summed E-state index contributed by atoms with van der Waals surface area (Å²) < 4.78 is 1.18. The summed E-state index contributed by atoms with van der Waals surface area (Å²) in [6.45, 7) is 5.43. The van der Waals surface area contributed by atoms with Crippen LogP contribution in [0.25, 0.3) is 10.2 Å². The molecule has 1 aromatic carbocycles. The Hall–Kier alpha value is -1.46. The van der Waals surface area contributed by atoms with Crippen molar-refractivity contribution in [1.29, 1.82) is 0 Å². The van der Waals surface area contributed by atoms with Crippen LogP contribution in [0.5, 0.6) is 0 Å². The minimum Gasteiger partial charge on any atom is -0.481 e. The molecule has 0 saturated heterocycles. The Morgan fingerprint density at radius 1 is 1.42 bits per heavy atom. The summed E-state index contributed by atoms with van der Waals surface area (Å²) in [6, 6.07) is 8.37. The van der Waals surface area contributed by atoms with Crippen LogP contribution in [0, 0.1) is 0 Å². The van der Waals surface area contributed by atoms with E-state index in [1.807, 2.05) is 18.2 Å². The second-order valence-electron chi connectivity index (χ2n) is 4.78. The lowest BCUT2D eigenvalue weighted by molar-refractivity contribution is -0.137. The average molecular weight is 278 g/mol. The Kier molecular flexibility index (Phi) is 4.50. The molecule has 1 aromatic heterocycles. The first-order valence-corrected chi connectivity index (χ1v) is 7.18. The molecule has 2 rings (SSSR count). The molecular weight excluding hydrogens is 260 g/mol. The first kappa shape index (κ1) is 14.0. The third-order valence-corrected chi connectivity index (χ3v) is 4.04. The van der Waals surface area contributed by atoms with Crippen molar-refractivity contribution in [2.24, 2.45) is 0 Å². The average Bonchev–Trinajstić information content (AvgIpc) is 2.76. The van der Waals surface area contributed by atoms with Gasteiger partial charge in [0.1, 0.15) is 5.01 Å². The molecule has 4 nitrogen and oxygen atoms in total. The largest absolute Gasteiger partial charge is 0.481 e. The Labute approximate surface area is 116 Å². The normalized spacial score (nSPS) is 11.6. The van der Waals surface area contributed by atoms with Gasteiger partial charge in [0.05, 0.1) is 23.2 Å². The molecule has 0 radical (unpaired) electrons. The van der Waals surface area contributed by atoms with Gasteiger partial charge in [-0.1, -0.05) is 12.1 Å². The second kappa shape index (κ2) is 6.12. The molecular formula is C14H18N2O2S. The van der Waals surface area contributed by atoms with Crippen LogP contribution in [-0.4, -0.2) is 33.5 Å². The number of rotatable bonds is 6. The van der Waals surface area contributed by atoms with E-state index in [1.54, 1.807) is 11.3 Å². The molecule has 2 aromatic rings. The summed E-state index contributed by atoms with van der Waals surface area (Å²) >= 11 is 1.68. The molecule has 0 bridgehead atoms. The van der Waals surface area contributed by atoms with E-state index >= 15 is 0 Å². The first-order chi connectivity index (χ1) is 9.06. The van der Waals surface area contributed by atoms with Gasteiger partial charge in [0.2, 0.25) is 0 Å². The van der Waals surface area contributed by atoms with Gasteiger partial charge < -0.3 is 5.11 Å². The quantitative estimate of drug-likeness (QED) is 0.882. The Balaban J connectivity index is 2.09. The zero-order valence-electron chi connectivity index (χ0n) is 11.2. The molecule has 0 aliphatic carbocycles. The number of para-hydroxylation sites is 1. The zero-order valence-corrected chi connectivity index (χ0v) is 12.0. The fourth-order valence-electron chi connectivity index (χ4n) is 1.92. The van der Waals surface area contributed by atoms with E-state index in [4.69, 9.17) is 5.11 Å². The van der Waals surface area contributed by atoms with Crippen LogP contribution < -0.4 is 0 Å². The Morgan fingerprint density at radius 3 is 2.79 bits per heavy atom. The Bertz CT molecular complexity index is 532. The Morgan fingerprint density at radius 2 is 2.16 bits per heavy atom. The molecule has 0 unspecified atom stereocenters. The molecule has 0 fully saturated rings. The van der Waals surface area contributed by atoms with Crippen molar-refractivity contribution < 1.29 is 9.90 Å². The molecule has 102 valence electrons. The lowest BCUT2D eigenvalue weighted by Gasteiger charge is -2.24. The van der Waals surface area contributed by atoms with Crippen molar-refractivity contribution in [2.75, 3.05) is 6.54 Å². The fourth-order valence-corrected chi connectivity index (χ4v) is 2.91. The van der Waals surface area contributed by atoms with Crippen molar-refractivity contribution in [3.63, 3.8) is 0 Å². The standard InChI is InChI=1S/C14H18N2O2S/c1-10(2)16(8-7-14(17)18)9-13-15-11-5-3-4-6-12(11)19-13/h3-6,10H,7-9H2,1-2H3,(H,17,18). The highest BCUT2D eigenvalue weighted by molar-refractivity contribution is 7.18. The summed E-state index contributed by atoms with van der Waals surface area (Å²) in [5, 5.41) is 9.83. The smallest absolute Gasteiger partial charge is 0.304 e. The van der Waals surface area contributed by atoms with E-state index in [0.717, 1.165) is 10.5 Å². The number of aliphatic carboxylic acids is 1. The maximum Gasteiger partial charge on any atom is 0.304 e. The van der Waals surface area contributed by atoms with Gasteiger partial charge in [-0.25, -0.2) is 4.98 Å². The van der Waals surface area contributed by atoms with Crippen LogP contribution in [0.3, 0.4) is 0 Å². The summed E-state index contributed by atoms with van der Waals surface area (Å²) in [5.41, 5.74) is 1.02. The number of benzene rings is 1. The summed E-state index contributed by atoms with van der Waals surface area (Å²) in [5.74, 6) is -0.755. The highest BCUT2D eigenvalue weighted by Crippen LogP contribution is 2.23. The highest BCUT2D eigenvalue weighted by atomic mass is 32.1. The topological polar surface area (TPSA) is 53.4 Å². The fraction of sp³-hybridized carbons (Fsp3) is 0.429. The van der Waals surface area contributed by atoms with Crippen molar-refractivity contribution in [1.82, 2.24) is 9.88 Å². The molecule has 0 spiro atoms. The molecule has 1 heterocycles. The van der Waals surface area contributed by atoms with Gasteiger partial charge in [-0.15, -0.1) is 11.3 Å². The molecule has 0 amide bonds. The van der Waals surface area contributed by atoms with Crippen LogP contribution in [0.15, 0.2) is 24.3 Å². The second-order valence-corrected chi connectivity index (χ2v) is 5.90. The van der Waals surface area contributed by atoms with Gasteiger partial charge in [-0.05, 0) is 26.0 Å². The number of carboxylic acid groups (broad SMARTS) is 1. The molecule has 0 aliphatic rings. The van der Waals surface area contributed by atoms with E-state index in [-0.39, 0.29) is 6.42 Å². The number of thiazole rings is 1. The maximum absolute atomic E-state index is 10.7. The monoisotopic (exact) mass is 278 g/mol. The van der Waals surface area contributed by atoms with Crippen LogP contribution in [0.2, 0.25) is 0 Å². The summed E-state index contributed by atoms with van der Waals surface area (Å²) in [6.07, 6.45) is 0.170. The van der Waals surface area contributed by atoms with Crippen LogP contribution in [0.1, 0.15) is 25.3 Å². The van der Waals surface area contributed by atoms with Crippen LogP contribution >= 0.6 is 11.3 Å². The van der Waals surface area contributed by atoms with E-state index in [0.29, 0.717) is 19.1 Å². The van der Waals surface area contributed by atoms with Gasteiger partial charge in [0.15, 0.2) is 0 Å². The van der Waals surface area contributed by atoms with E-state index < -0.39 is 5.97 Å². The minimum atomic E-state index is -0.755. The minimum absolute atomic E-state index is 0.170. The van der Waals surface area contributed by atoms with E-state index in [1.165, 1.54) is 4.70 Å². The maximum atomic E-state index is 10.7. The van der Waals surface area contributed by atoms with Crippen LogP contribution in [0.4, 0.5) is 0 Å². The molecule has 0 aliphatic heterocycles. The number of carbonyl (C=O) groups is 1. The number of nitrogens with zero attached hydrogens (tertiary/aromatic N) is 2. The van der Waals surface area contributed by atoms with Crippen molar-refractivity contribution in [3.05, 3.63) is 29.3 Å². The SMILES string of the molecule is CC(C)N(CCC(=O)O)Cc1nc2ccccc2s1. The lowest BCUT2D eigenvalue weighted by Crippen LogP contribution is -2.32. The molecule has 0 atom stereocenters. The van der Waals surface area contributed by atoms with Gasteiger partial charge in [0.25, 0.3) is 0 Å². The van der Waals surface area contributed by atoms with Crippen LogP contribution in [-0.2, 0) is 11.3 Å². The number of hydrogen-bond acceptors (Lipinski definition) is 4. The number of fused-ring (bicyclic) bond motifs is 1. The molecule has 5 heteroatoms. The van der Waals surface area contributed by atoms with Crippen molar-refractivity contribution >= 4 is 27.5 Å². The van der Waals surface area contributed by atoms with Crippen molar-refractivity contribution in [2.45, 2.75) is 32.9 Å². The predicted octanol–water partition coefficient (Wildman–Crippen LogP) is 2.98. The first-order valence-electron chi connectivity index (χ1n) is 6.36. The number of aromatic nitrogens is 1. The van der Waals surface area contributed by atoms with Gasteiger partial charge in [-0.2, -0.15) is 0 Å². The predicted molar refractivity (Wildman–Crippen MR) is 77.4 cm³/mol. The summed E-state index contributed by atoms with van der Waals surface area (Å²) in [7, 11) is 0. The third kappa shape index (κ3) is 3.75. The number of carboxylic acids is 1. The van der Waals surface area contributed by atoms with Gasteiger partial charge in [0, 0.05) is 12.6 Å².